The quantitative estimate of drug-likeness (QED) is 0.875. The van der Waals surface area contributed by atoms with Crippen LogP contribution in [0.2, 0.25) is 0 Å². The molecule has 1 aromatic carbocycles. The van der Waals surface area contributed by atoms with E-state index < -0.39 is 0 Å². The van der Waals surface area contributed by atoms with Crippen LogP contribution in [0.25, 0.3) is 0 Å². The van der Waals surface area contributed by atoms with Gasteiger partial charge in [-0.3, -0.25) is 0 Å². The summed E-state index contributed by atoms with van der Waals surface area (Å²) in [6, 6.07) is 8.17. The van der Waals surface area contributed by atoms with Gasteiger partial charge in [0.15, 0.2) is 0 Å². The summed E-state index contributed by atoms with van der Waals surface area (Å²) in [6.07, 6.45) is 0. The molecular weight excluding hydrogens is 222 g/mol. The molecule has 0 amide bonds. The predicted molar refractivity (Wildman–Crippen MR) is 71.5 cm³/mol. The van der Waals surface area contributed by atoms with Crippen molar-refractivity contribution in [3.8, 4) is 5.75 Å². The van der Waals surface area contributed by atoms with E-state index in [-0.39, 0.29) is 17.9 Å². The van der Waals surface area contributed by atoms with E-state index in [1.165, 1.54) is 5.56 Å². The van der Waals surface area contributed by atoms with E-state index in [4.69, 9.17) is 4.74 Å². The molecule has 92 valence electrons. The normalized spacial score (nSPS) is 10.8. The van der Waals surface area contributed by atoms with E-state index in [9.17, 15) is 0 Å². The highest BCUT2D eigenvalue weighted by atomic mass is 35.5. The smallest absolute Gasteiger partial charge is 0.123 e. The zero-order chi connectivity index (χ0) is 11.3. The lowest BCUT2D eigenvalue weighted by atomic mass is 10.1. The molecule has 0 fully saturated rings. The van der Waals surface area contributed by atoms with Crippen molar-refractivity contribution in [3.63, 3.8) is 0 Å². The summed E-state index contributed by atoms with van der Waals surface area (Å²) < 4.78 is 5.56. The summed E-state index contributed by atoms with van der Waals surface area (Å²) in [7, 11) is 0. The zero-order valence-electron chi connectivity index (χ0n) is 10.5. The number of hydrogen-bond acceptors (Lipinski definition) is 2. The van der Waals surface area contributed by atoms with E-state index in [2.05, 4.69) is 32.2 Å². The van der Waals surface area contributed by atoms with Gasteiger partial charge in [-0.25, -0.2) is 0 Å². The van der Waals surface area contributed by atoms with Gasteiger partial charge < -0.3 is 10.1 Å². The van der Waals surface area contributed by atoms with Crippen LogP contribution in [0.5, 0.6) is 5.75 Å². The number of ether oxygens (including phenoxy) is 1. The molecule has 1 aromatic rings. The first kappa shape index (κ1) is 15.3. The predicted octanol–water partition coefficient (Wildman–Crippen LogP) is 3.40. The average Bonchev–Trinajstić information content (AvgIpc) is 2.16. The van der Waals surface area contributed by atoms with Crippen molar-refractivity contribution >= 4 is 12.4 Å². The number of nitrogens with one attached hydrogen (secondary N) is 1. The maximum absolute atomic E-state index is 5.56. The minimum atomic E-state index is 0. The molecular formula is C13H22ClNO. The van der Waals surface area contributed by atoms with Crippen LogP contribution in [-0.4, -0.2) is 12.1 Å². The first-order chi connectivity index (χ1) is 7.03. The van der Waals surface area contributed by atoms with Crippen molar-refractivity contribution < 1.29 is 4.74 Å². The van der Waals surface area contributed by atoms with Gasteiger partial charge >= 0.3 is 0 Å². The van der Waals surface area contributed by atoms with Crippen LogP contribution in [0.3, 0.4) is 0 Å². The van der Waals surface area contributed by atoms with Gasteiger partial charge in [0.2, 0.25) is 0 Å². The Morgan fingerprint density at radius 3 is 2.38 bits per heavy atom. The molecule has 2 nitrogen and oxygen atoms in total. The molecule has 1 N–H and O–H groups in total. The Morgan fingerprint density at radius 2 is 1.81 bits per heavy atom. The van der Waals surface area contributed by atoms with Crippen molar-refractivity contribution in [2.75, 3.05) is 6.61 Å². The van der Waals surface area contributed by atoms with Gasteiger partial charge in [0.05, 0.1) is 6.61 Å². The van der Waals surface area contributed by atoms with Gasteiger partial charge in [-0.05, 0) is 33.8 Å². The third-order valence-electron chi connectivity index (χ3n) is 2.08. The molecule has 0 heterocycles. The Kier molecular flexibility index (Phi) is 6.46. The van der Waals surface area contributed by atoms with Gasteiger partial charge in [-0.15, -0.1) is 12.4 Å². The third-order valence-corrected chi connectivity index (χ3v) is 2.08. The topological polar surface area (TPSA) is 21.3 Å². The first-order valence-electron chi connectivity index (χ1n) is 5.48. The average molecular weight is 244 g/mol. The Bertz CT molecular complexity index is 307. The fourth-order valence-electron chi connectivity index (χ4n) is 1.31. The number of halogens is 1. The van der Waals surface area contributed by atoms with Gasteiger partial charge in [-0.2, -0.15) is 0 Å². The Hall–Kier alpha value is -0.730. The highest BCUT2D eigenvalue weighted by Crippen LogP contribution is 2.18. The van der Waals surface area contributed by atoms with E-state index in [0.29, 0.717) is 6.61 Å². The molecule has 0 aliphatic rings. The zero-order valence-corrected chi connectivity index (χ0v) is 11.4. The monoisotopic (exact) mass is 243 g/mol. The van der Waals surface area contributed by atoms with Gasteiger partial charge in [0.1, 0.15) is 5.75 Å². The number of hydrogen-bond donors (Lipinski definition) is 1. The maximum Gasteiger partial charge on any atom is 0.123 e. The molecule has 16 heavy (non-hydrogen) atoms. The van der Waals surface area contributed by atoms with Crippen LogP contribution >= 0.6 is 12.4 Å². The lowest BCUT2D eigenvalue weighted by Gasteiger charge is -2.21. The fraction of sp³-hybridized carbons (Fsp3) is 0.538. The third kappa shape index (κ3) is 5.38. The molecule has 0 aliphatic heterocycles. The Balaban J connectivity index is 0.00000225. The van der Waals surface area contributed by atoms with Gasteiger partial charge in [0.25, 0.3) is 0 Å². The molecule has 0 aliphatic carbocycles. The minimum Gasteiger partial charge on any atom is -0.494 e. The summed E-state index contributed by atoms with van der Waals surface area (Å²) in [4.78, 5) is 0. The highest BCUT2D eigenvalue weighted by Gasteiger charge is 2.10. The van der Waals surface area contributed by atoms with Crippen molar-refractivity contribution in [3.05, 3.63) is 29.8 Å². The molecule has 0 bridgehead atoms. The molecule has 3 heteroatoms. The molecule has 0 spiro atoms. The number of benzene rings is 1. The van der Waals surface area contributed by atoms with Crippen LogP contribution < -0.4 is 10.1 Å². The van der Waals surface area contributed by atoms with Crippen molar-refractivity contribution in [1.82, 2.24) is 5.32 Å². The van der Waals surface area contributed by atoms with Crippen LogP contribution in [0.4, 0.5) is 0 Å². The van der Waals surface area contributed by atoms with Gasteiger partial charge in [-0.1, -0.05) is 18.2 Å². The van der Waals surface area contributed by atoms with E-state index >= 15 is 0 Å². The SMILES string of the molecule is CCOc1ccccc1CNC(C)(C)C.Cl. The number of para-hydroxylation sites is 1. The summed E-state index contributed by atoms with van der Waals surface area (Å²) in [5.41, 5.74) is 1.36. The van der Waals surface area contributed by atoms with E-state index in [1.807, 2.05) is 25.1 Å². The summed E-state index contributed by atoms with van der Waals surface area (Å²) in [6.45, 7) is 10.1. The second kappa shape index (κ2) is 6.77. The molecule has 0 aromatic heterocycles. The maximum atomic E-state index is 5.56. The van der Waals surface area contributed by atoms with Gasteiger partial charge in [0, 0.05) is 17.6 Å². The summed E-state index contributed by atoms with van der Waals surface area (Å²) in [5.74, 6) is 0.983. The number of rotatable bonds is 4. The Morgan fingerprint density at radius 1 is 1.19 bits per heavy atom. The highest BCUT2D eigenvalue weighted by molar-refractivity contribution is 5.85. The lowest BCUT2D eigenvalue weighted by Crippen LogP contribution is -2.35. The molecule has 0 saturated carbocycles. The van der Waals surface area contributed by atoms with E-state index in [0.717, 1.165) is 12.3 Å². The second-order valence-electron chi connectivity index (χ2n) is 4.64. The lowest BCUT2D eigenvalue weighted by molar-refractivity contribution is 0.332. The van der Waals surface area contributed by atoms with Crippen LogP contribution in [-0.2, 0) is 6.54 Å². The summed E-state index contributed by atoms with van der Waals surface area (Å²) >= 11 is 0. The van der Waals surface area contributed by atoms with Crippen molar-refractivity contribution in [1.29, 1.82) is 0 Å². The van der Waals surface area contributed by atoms with Crippen LogP contribution in [0.15, 0.2) is 24.3 Å². The summed E-state index contributed by atoms with van der Waals surface area (Å²) in [5, 5.41) is 3.46. The van der Waals surface area contributed by atoms with Crippen LogP contribution in [0.1, 0.15) is 33.3 Å². The fourth-order valence-corrected chi connectivity index (χ4v) is 1.31. The van der Waals surface area contributed by atoms with Crippen LogP contribution in [0, 0.1) is 0 Å². The standard InChI is InChI=1S/C13H21NO.ClH/c1-5-15-12-9-7-6-8-11(12)10-14-13(2,3)4;/h6-9,14H,5,10H2,1-4H3;1H. The minimum absolute atomic E-state index is 0. The van der Waals surface area contributed by atoms with E-state index in [1.54, 1.807) is 0 Å². The molecule has 1 rings (SSSR count). The molecule has 0 radical (unpaired) electrons. The molecule has 0 saturated heterocycles. The van der Waals surface area contributed by atoms with Crippen molar-refractivity contribution in [2.24, 2.45) is 0 Å². The largest absolute Gasteiger partial charge is 0.494 e. The van der Waals surface area contributed by atoms with Crippen molar-refractivity contribution in [2.45, 2.75) is 39.8 Å². The molecule has 0 atom stereocenters. The Labute approximate surface area is 105 Å². The molecule has 0 unspecified atom stereocenters. The second-order valence-corrected chi connectivity index (χ2v) is 4.64. The first-order valence-corrected chi connectivity index (χ1v) is 5.48.